The molecule has 0 saturated heterocycles. The molecule has 0 atom stereocenters. The number of aryl methyl sites for hydroxylation is 1. The summed E-state index contributed by atoms with van der Waals surface area (Å²) in [6, 6.07) is 14.0. The Balaban J connectivity index is 1.86. The van der Waals surface area contributed by atoms with Crippen LogP contribution < -0.4 is 20.1 Å². The van der Waals surface area contributed by atoms with Crippen LogP contribution >= 0.6 is 0 Å². The first-order valence-electron chi connectivity index (χ1n) is 8.46. The Morgan fingerprint density at radius 3 is 1.89 bits per heavy atom. The lowest BCUT2D eigenvalue weighted by molar-refractivity contribution is 0.0988. The van der Waals surface area contributed by atoms with E-state index in [9.17, 15) is 9.59 Å². The van der Waals surface area contributed by atoms with Crippen molar-refractivity contribution in [1.29, 1.82) is 0 Å². The maximum absolute atomic E-state index is 12.8. The second kappa shape index (κ2) is 8.26. The van der Waals surface area contributed by atoms with E-state index in [1.807, 2.05) is 0 Å². The maximum atomic E-state index is 12.8. The fraction of sp³-hybridized carbons (Fsp3) is 0.150. The third-order valence-corrected chi connectivity index (χ3v) is 4.00. The number of carbonyl (C=O) groups excluding carboxylic acids is 2. The summed E-state index contributed by atoms with van der Waals surface area (Å²) in [5.41, 5.74) is 1.12. The Labute approximate surface area is 162 Å². The second-order valence-corrected chi connectivity index (χ2v) is 5.87. The average molecular weight is 380 g/mol. The zero-order chi connectivity index (χ0) is 20.1. The topological polar surface area (TPSA) is 94.5 Å². The molecule has 1 heterocycles. The minimum Gasteiger partial charge on any atom is -0.495 e. The summed E-state index contributed by atoms with van der Waals surface area (Å²) in [5.74, 6) is 0.0321. The molecule has 144 valence electrons. The number of hydrogen-bond donors (Lipinski definition) is 2. The minimum atomic E-state index is -0.518. The molecular weight excluding hydrogens is 360 g/mol. The van der Waals surface area contributed by atoms with Gasteiger partial charge in [-0.25, -0.2) is 0 Å². The van der Waals surface area contributed by atoms with Gasteiger partial charge in [-0.3, -0.25) is 14.3 Å². The molecule has 28 heavy (non-hydrogen) atoms. The van der Waals surface area contributed by atoms with Gasteiger partial charge in [-0.05, 0) is 24.3 Å². The molecule has 0 radical (unpaired) electrons. The highest BCUT2D eigenvalue weighted by atomic mass is 16.5. The molecule has 3 aromatic rings. The van der Waals surface area contributed by atoms with Crippen LogP contribution in [0.15, 0.2) is 54.7 Å². The molecule has 2 amide bonds. The van der Waals surface area contributed by atoms with Gasteiger partial charge in [0.1, 0.15) is 11.5 Å². The van der Waals surface area contributed by atoms with Crippen molar-refractivity contribution in [1.82, 2.24) is 9.78 Å². The summed E-state index contributed by atoms with van der Waals surface area (Å²) < 4.78 is 11.9. The Bertz CT molecular complexity index is 934. The molecule has 8 nitrogen and oxygen atoms in total. The third kappa shape index (κ3) is 3.96. The molecule has 2 N–H and O–H groups in total. The second-order valence-electron chi connectivity index (χ2n) is 5.87. The van der Waals surface area contributed by atoms with Crippen LogP contribution in [-0.2, 0) is 7.05 Å². The zero-order valence-corrected chi connectivity index (χ0v) is 15.7. The van der Waals surface area contributed by atoms with E-state index in [1.165, 1.54) is 25.1 Å². The van der Waals surface area contributed by atoms with Crippen LogP contribution in [0.1, 0.15) is 20.8 Å². The SMILES string of the molecule is COc1ccccc1NC(=O)c1cn(C)nc1C(=O)Nc1ccccc1OC. The first-order chi connectivity index (χ1) is 13.5. The highest BCUT2D eigenvalue weighted by Crippen LogP contribution is 2.25. The normalized spacial score (nSPS) is 10.2. The summed E-state index contributed by atoms with van der Waals surface area (Å²) in [4.78, 5) is 25.5. The molecule has 0 saturated carbocycles. The van der Waals surface area contributed by atoms with Crippen molar-refractivity contribution in [2.24, 2.45) is 7.05 Å². The molecule has 0 spiro atoms. The van der Waals surface area contributed by atoms with Crippen LogP contribution in [0.2, 0.25) is 0 Å². The summed E-state index contributed by atoms with van der Waals surface area (Å²) >= 11 is 0. The molecule has 8 heteroatoms. The molecule has 0 aliphatic carbocycles. The van der Waals surface area contributed by atoms with Gasteiger partial charge in [0.05, 0.1) is 31.2 Å². The molecule has 0 aliphatic rings. The summed E-state index contributed by atoms with van der Waals surface area (Å²) in [5, 5.41) is 9.62. The number of anilines is 2. The molecule has 3 rings (SSSR count). The lowest BCUT2D eigenvalue weighted by Crippen LogP contribution is -2.20. The number of nitrogens with zero attached hydrogens (tertiary/aromatic N) is 2. The molecule has 0 bridgehead atoms. The summed E-state index contributed by atoms with van der Waals surface area (Å²) in [6.07, 6.45) is 1.49. The van der Waals surface area contributed by atoms with Gasteiger partial charge in [-0.15, -0.1) is 0 Å². The fourth-order valence-electron chi connectivity index (χ4n) is 2.69. The van der Waals surface area contributed by atoms with Gasteiger partial charge in [0, 0.05) is 13.2 Å². The van der Waals surface area contributed by atoms with E-state index >= 15 is 0 Å². The Morgan fingerprint density at radius 1 is 0.857 bits per heavy atom. The Hall–Kier alpha value is -3.81. The Kier molecular flexibility index (Phi) is 5.59. The van der Waals surface area contributed by atoms with Crippen molar-refractivity contribution in [2.75, 3.05) is 24.9 Å². The molecule has 0 aliphatic heterocycles. The summed E-state index contributed by atoms with van der Waals surface area (Å²) in [7, 11) is 4.67. The number of carbonyl (C=O) groups is 2. The van der Waals surface area contributed by atoms with Crippen molar-refractivity contribution in [3.05, 3.63) is 66.0 Å². The first-order valence-corrected chi connectivity index (χ1v) is 8.46. The first kappa shape index (κ1) is 19.0. The van der Waals surface area contributed by atoms with Gasteiger partial charge < -0.3 is 20.1 Å². The average Bonchev–Trinajstić information content (AvgIpc) is 3.11. The maximum Gasteiger partial charge on any atom is 0.277 e. The van der Waals surface area contributed by atoms with Gasteiger partial charge >= 0.3 is 0 Å². The van der Waals surface area contributed by atoms with E-state index in [0.29, 0.717) is 22.9 Å². The number of ether oxygens (including phenoxy) is 2. The monoisotopic (exact) mass is 380 g/mol. The number of rotatable bonds is 6. The molecular formula is C20H20N4O4. The van der Waals surface area contributed by atoms with E-state index < -0.39 is 11.8 Å². The lowest BCUT2D eigenvalue weighted by atomic mass is 10.2. The number of hydrogen-bond acceptors (Lipinski definition) is 5. The van der Waals surface area contributed by atoms with Crippen LogP contribution in [0.5, 0.6) is 11.5 Å². The number of methoxy groups -OCH3 is 2. The Morgan fingerprint density at radius 2 is 1.36 bits per heavy atom. The van der Waals surface area contributed by atoms with Crippen LogP contribution in [-0.4, -0.2) is 35.8 Å². The van der Waals surface area contributed by atoms with Crippen LogP contribution in [0.4, 0.5) is 11.4 Å². The van der Waals surface area contributed by atoms with Crippen molar-refractivity contribution < 1.29 is 19.1 Å². The van der Waals surface area contributed by atoms with Crippen molar-refractivity contribution in [2.45, 2.75) is 0 Å². The van der Waals surface area contributed by atoms with Crippen LogP contribution in [0.3, 0.4) is 0 Å². The predicted molar refractivity (Wildman–Crippen MR) is 105 cm³/mol. The summed E-state index contributed by atoms with van der Waals surface area (Å²) in [6.45, 7) is 0. The van der Waals surface area contributed by atoms with E-state index in [-0.39, 0.29) is 11.3 Å². The highest BCUT2D eigenvalue weighted by molar-refractivity contribution is 6.14. The smallest absolute Gasteiger partial charge is 0.277 e. The number of aromatic nitrogens is 2. The number of benzene rings is 2. The van der Waals surface area contributed by atoms with Crippen molar-refractivity contribution >= 4 is 23.2 Å². The molecule has 0 fully saturated rings. The van der Waals surface area contributed by atoms with Crippen molar-refractivity contribution in [3.63, 3.8) is 0 Å². The fourth-order valence-corrected chi connectivity index (χ4v) is 2.69. The predicted octanol–water partition coefficient (Wildman–Crippen LogP) is 2.94. The van der Waals surface area contributed by atoms with E-state index in [0.717, 1.165) is 0 Å². The largest absolute Gasteiger partial charge is 0.495 e. The van der Waals surface area contributed by atoms with E-state index in [2.05, 4.69) is 15.7 Å². The van der Waals surface area contributed by atoms with Gasteiger partial charge in [-0.1, -0.05) is 24.3 Å². The zero-order valence-electron chi connectivity index (χ0n) is 15.7. The van der Waals surface area contributed by atoms with Crippen molar-refractivity contribution in [3.8, 4) is 11.5 Å². The van der Waals surface area contributed by atoms with E-state index in [4.69, 9.17) is 9.47 Å². The van der Waals surface area contributed by atoms with Gasteiger partial charge in [-0.2, -0.15) is 5.10 Å². The standard InChI is InChI=1S/C20H20N4O4/c1-24-12-13(19(25)21-14-8-4-6-10-16(14)27-2)18(23-24)20(26)22-15-9-5-7-11-17(15)28-3/h4-12H,1-3H3,(H,21,25)(H,22,26). The van der Waals surface area contributed by atoms with Gasteiger partial charge in [0.2, 0.25) is 0 Å². The number of para-hydroxylation sites is 4. The minimum absolute atomic E-state index is 0.000745. The molecule has 1 aromatic heterocycles. The molecule has 0 unspecified atom stereocenters. The third-order valence-electron chi connectivity index (χ3n) is 4.00. The number of nitrogens with one attached hydrogen (secondary N) is 2. The van der Waals surface area contributed by atoms with Gasteiger partial charge in [0.15, 0.2) is 5.69 Å². The quantitative estimate of drug-likeness (QED) is 0.686. The van der Waals surface area contributed by atoms with Crippen LogP contribution in [0, 0.1) is 0 Å². The molecule has 2 aromatic carbocycles. The van der Waals surface area contributed by atoms with Gasteiger partial charge in [0.25, 0.3) is 11.8 Å². The van der Waals surface area contributed by atoms with E-state index in [1.54, 1.807) is 55.6 Å². The van der Waals surface area contributed by atoms with Crippen LogP contribution in [0.25, 0.3) is 0 Å². The number of amides is 2. The lowest BCUT2D eigenvalue weighted by Gasteiger charge is -2.11. The highest BCUT2D eigenvalue weighted by Gasteiger charge is 2.23.